The second-order valence-electron chi connectivity index (χ2n) is 6.45. The number of anilines is 2. The van der Waals surface area contributed by atoms with Crippen LogP contribution in [0.15, 0.2) is 54.7 Å². The number of ether oxygens (including phenoxy) is 1. The van der Waals surface area contributed by atoms with Crippen molar-refractivity contribution in [2.45, 2.75) is 6.18 Å². The summed E-state index contributed by atoms with van der Waals surface area (Å²) in [5, 5.41) is 4.80. The Morgan fingerprint density at radius 2 is 1.84 bits per heavy atom. The molecule has 166 valence electrons. The Bertz CT molecular complexity index is 1190. The van der Waals surface area contributed by atoms with Crippen LogP contribution < -0.4 is 21.1 Å². The van der Waals surface area contributed by atoms with Gasteiger partial charge in [-0.15, -0.1) is 0 Å². The predicted octanol–water partition coefficient (Wildman–Crippen LogP) is 4.75. The zero-order valence-electron chi connectivity index (χ0n) is 16.5. The van der Waals surface area contributed by atoms with Gasteiger partial charge in [0.05, 0.1) is 16.3 Å². The summed E-state index contributed by atoms with van der Waals surface area (Å²) in [6, 6.07) is 10.3. The molecule has 2 amide bonds. The fourth-order valence-corrected chi connectivity index (χ4v) is 2.92. The first-order valence-electron chi connectivity index (χ1n) is 9.02. The molecule has 11 heteroatoms. The molecular weight excluding hydrogens is 449 g/mol. The Hall–Kier alpha value is -3.79. The number of halogens is 4. The molecule has 0 aliphatic rings. The van der Waals surface area contributed by atoms with Gasteiger partial charge >= 0.3 is 6.18 Å². The summed E-state index contributed by atoms with van der Waals surface area (Å²) in [7, 11) is 1.44. The largest absolute Gasteiger partial charge is 0.455 e. The zero-order valence-corrected chi connectivity index (χ0v) is 17.2. The van der Waals surface area contributed by atoms with Crippen molar-refractivity contribution in [2.75, 3.05) is 12.4 Å². The van der Waals surface area contributed by atoms with Gasteiger partial charge in [-0.2, -0.15) is 13.2 Å². The molecule has 2 aromatic carbocycles. The maximum atomic E-state index is 13.2. The lowest BCUT2D eigenvalue weighted by Gasteiger charge is -2.16. The third kappa shape index (κ3) is 5.27. The molecule has 0 aliphatic carbocycles. The van der Waals surface area contributed by atoms with Gasteiger partial charge in [0.1, 0.15) is 11.4 Å². The molecule has 0 saturated heterocycles. The van der Waals surface area contributed by atoms with Crippen molar-refractivity contribution in [1.82, 2.24) is 10.3 Å². The topological polar surface area (TPSA) is 106 Å². The molecular formula is C21H16ClF3N4O3. The average molecular weight is 465 g/mol. The van der Waals surface area contributed by atoms with Crippen LogP contribution in [0, 0.1) is 0 Å². The number of hydrogen-bond acceptors (Lipinski definition) is 5. The minimum Gasteiger partial charge on any atom is -0.455 e. The monoisotopic (exact) mass is 464 g/mol. The van der Waals surface area contributed by atoms with E-state index < -0.39 is 28.6 Å². The van der Waals surface area contributed by atoms with Gasteiger partial charge < -0.3 is 21.1 Å². The van der Waals surface area contributed by atoms with E-state index in [1.165, 1.54) is 49.6 Å². The molecule has 32 heavy (non-hydrogen) atoms. The van der Waals surface area contributed by atoms with Crippen molar-refractivity contribution in [3.05, 3.63) is 76.6 Å². The molecule has 1 aromatic heterocycles. The van der Waals surface area contributed by atoms with Crippen molar-refractivity contribution < 1.29 is 27.5 Å². The highest BCUT2D eigenvalue weighted by Gasteiger charge is 2.33. The summed E-state index contributed by atoms with van der Waals surface area (Å²) < 4.78 is 45.3. The summed E-state index contributed by atoms with van der Waals surface area (Å²) in [6.07, 6.45) is -3.29. The molecule has 0 radical (unpaired) electrons. The van der Waals surface area contributed by atoms with E-state index in [2.05, 4.69) is 15.6 Å². The van der Waals surface area contributed by atoms with Crippen LogP contribution in [-0.2, 0) is 6.18 Å². The number of aromatic nitrogens is 1. The van der Waals surface area contributed by atoms with Crippen LogP contribution in [-0.4, -0.2) is 23.8 Å². The zero-order chi connectivity index (χ0) is 23.5. The molecule has 0 atom stereocenters. The van der Waals surface area contributed by atoms with Gasteiger partial charge in [0, 0.05) is 30.6 Å². The van der Waals surface area contributed by atoms with Gasteiger partial charge in [-0.3, -0.25) is 14.6 Å². The summed E-state index contributed by atoms with van der Waals surface area (Å²) >= 11 is 5.67. The fourth-order valence-electron chi connectivity index (χ4n) is 2.69. The molecule has 7 nitrogen and oxygen atoms in total. The second-order valence-corrected chi connectivity index (χ2v) is 6.86. The standard InChI is InChI=1S/C21H16ClF3N4O3/c1-27-20(31)17-10-13(6-7-28-17)32-18-8-11(19(26)30)2-5-16(18)29-12-3-4-15(22)14(9-12)21(23,24)25/h2-10,29H,1H3,(H2,26,30)(H,27,31). The summed E-state index contributed by atoms with van der Waals surface area (Å²) in [6.45, 7) is 0. The van der Waals surface area contributed by atoms with Crippen LogP contribution in [0.4, 0.5) is 24.5 Å². The van der Waals surface area contributed by atoms with Crippen LogP contribution in [0.2, 0.25) is 5.02 Å². The lowest BCUT2D eigenvalue weighted by atomic mass is 10.1. The van der Waals surface area contributed by atoms with Crippen molar-refractivity contribution in [3.8, 4) is 11.5 Å². The maximum Gasteiger partial charge on any atom is 0.417 e. The average Bonchev–Trinajstić information content (AvgIpc) is 2.75. The molecule has 0 saturated carbocycles. The number of hydrogen-bond donors (Lipinski definition) is 3. The third-order valence-corrected chi connectivity index (χ3v) is 4.57. The number of carbonyl (C=O) groups is 2. The first kappa shape index (κ1) is 22.9. The number of nitrogens with zero attached hydrogens (tertiary/aromatic N) is 1. The SMILES string of the molecule is CNC(=O)c1cc(Oc2cc(C(N)=O)ccc2Nc2ccc(Cl)c(C(F)(F)F)c2)ccn1. The predicted molar refractivity (Wildman–Crippen MR) is 112 cm³/mol. The van der Waals surface area contributed by atoms with Crippen molar-refractivity contribution in [1.29, 1.82) is 0 Å². The van der Waals surface area contributed by atoms with E-state index in [4.69, 9.17) is 22.1 Å². The summed E-state index contributed by atoms with van der Waals surface area (Å²) in [4.78, 5) is 27.3. The number of alkyl halides is 3. The quantitative estimate of drug-likeness (QED) is 0.488. The summed E-state index contributed by atoms with van der Waals surface area (Å²) in [5.41, 5.74) is 4.83. The molecule has 0 spiro atoms. The lowest BCUT2D eigenvalue weighted by Crippen LogP contribution is -2.19. The minimum atomic E-state index is -4.64. The summed E-state index contributed by atoms with van der Waals surface area (Å²) in [5.74, 6) is -0.886. The Kier molecular flexibility index (Phi) is 6.54. The number of nitrogens with two attached hydrogens (primary N) is 1. The molecule has 1 heterocycles. The van der Waals surface area contributed by atoms with E-state index in [9.17, 15) is 22.8 Å². The van der Waals surface area contributed by atoms with Crippen molar-refractivity contribution >= 4 is 34.8 Å². The van der Waals surface area contributed by atoms with Crippen LogP contribution in [0.3, 0.4) is 0 Å². The van der Waals surface area contributed by atoms with Gasteiger partial charge in [0.25, 0.3) is 5.91 Å². The van der Waals surface area contributed by atoms with Crippen LogP contribution in [0.1, 0.15) is 26.4 Å². The third-order valence-electron chi connectivity index (χ3n) is 4.24. The van der Waals surface area contributed by atoms with Crippen LogP contribution >= 0.6 is 11.6 Å². The fraction of sp³-hybridized carbons (Fsp3) is 0.0952. The number of nitrogens with one attached hydrogen (secondary N) is 2. The molecule has 3 aromatic rings. The molecule has 4 N–H and O–H groups in total. The van der Waals surface area contributed by atoms with Gasteiger partial charge in [-0.25, -0.2) is 0 Å². The van der Waals surface area contributed by atoms with E-state index in [0.29, 0.717) is 0 Å². The van der Waals surface area contributed by atoms with Crippen LogP contribution in [0.5, 0.6) is 11.5 Å². The second kappa shape index (κ2) is 9.15. The molecule has 0 fully saturated rings. The number of pyridine rings is 1. The minimum absolute atomic E-state index is 0.0816. The number of primary amides is 1. The number of benzene rings is 2. The Labute approximate surface area is 185 Å². The highest BCUT2D eigenvalue weighted by molar-refractivity contribution is 6.31. The van der Waals surface area contributed by atoms with E-state index in [1.54, 1.807) is 0 Å². The Balaban J connectivity index is 1.99. The molecule has 0 unspecified atom stereocenters. The smallest absolute Gasteiger partial charge is 0.417 e. The highest BCUT2D eigenvalue weighted by atomic mass is 35.5. The van der Waals surface area contributed by atoms with E-state index >= 15 is 0 Å². The van der Waals surface area contributed by atoms with E-state index in [-0.39, 0.29) is 34.1 Å². The van der Waals surface area contributed by atoms with Gasteiger partial charge in [-0.1, -0.05) is 11.6 Å². The number of carbonyl (C=O) groups excluding carboxylic acids is 2. The van der Waals surface area contributed by atoms with E-state index in [0.717, 1.165) is 12.1 Å². The van der Waals surface area contributed by atoms with Crippen molar-refractivity contribution in [3.63, 3.8) is 0 Å². The Morgan fingerprint density at radius 1 is 1.09 bits per heavy atom. The van der Waals surface area contributed by atoms with Gasteiger partial charge in [0.15, 0.2) is 5.75 Å². The number of rotatable bonds is 6. The molecule has 3 rings (SSSR count). The van der Waals surface area contributed by atoms with Crippen LogP contribution in [0.25, 0.3) is 0 Å². The Morgan fingerprint density at radius 3 is 2.50 bits per heavy atom. The normalized spacial score (nSPS) is 11.0. The first-order chi connectivity index (χ1) is 15.1. The van der Waals surface area contributed by atoms with Crippen molar-refractivity contribution in [2.24, 2.45) is 5.73 Å². The highest BCUT2D eigenvalue weighted by Crippen LogP contribution is 2.38. The van der Waals surface area contributed by atoms with Gasteiger partial charge in [-0.05, 0) is 42.5 Å². The van der Waals surface area contributed by atoms with Gasteiger partial charge in [0.2, 0.25) is 5.91 Å². The lowest BCUT2D eigenvalue weighted by molar-refractivity contribution is -0.137. The number of amides is 2. The molecule has 0 aliphatic heterocycles. The van der Waals surface area contributed by atoms with E-state index in [1.807, 2.05) is 0 Å². The maximum absolute atomic E-state index is 13.2. The molecule has 0 bridgehead atoms. The first-order valence-corrected chi connectivity index (χ1v) is 9.40.